The smallest absolute Gasteiger partial charge is 0.230 e. The van der Waals surface area contributed by atoms with E-state index in [9.17, 15) is 4.79 Å². The standard InChI is InChI=1S/C21H18ClN5O2S/c1-14-4-2-3-5-18(14)27-21(24-25-26-27)30-13-20(28)23-12-17-10-11-19(29-17)15-6-8-16(22)9-7-15/h2-11H,12-13H2,1H3,(H,23,28). The van der Waals surface area contributed by atoms with Crippen LogP contribution in [0, 0.1) is 6.92 Å². The zero-order chi connectivity index (χ0) is 20.9. The van der Waals surface area contributed by atoms with Crippen LogP contribution in [0.3, 0.4) is 0 Å². The third-order valence-corrected chi connectivity index (χ3v) is 5.54. The van der Waals surface area contributed by atoms with E-state index in [0.29, 0.717) is 22.5 Å². The lowest BCUT2D eigenvalue weighted by Crippen LogP contribution is -2.24. The number of aryl methyl sites for hydroxylation is 1. The summed E-state index contributed by atoms with van der Waals surface area (Å²) in [4.78, 5) is 12.3. The lowest BCUT2D eigenvalue weighted by Gasteiger charge is -2.07. The molecule has 0 saturated heterocycles. The van der Waals surface area contributed by atoms with E-state index >= 15 is 0 Å². The molecule has 2 aromatic heterocycles. The Morgan fingerprint density at radius 3 is 2.73 bits per heavy atom. The van der Waals surface area contributed by atoms with E-state index in [4.69, 9.17) is 16.0 Å². The summed E-state index contributed by atoms with van der Waals surface area (Å²) in [5, 5.41) is 15.9. The predicted molar refractivity (Wildman–Crippen MR) is 116 cm³/mol. The van der Waals surface area contributed by atoms with Crippen molar-refractivity contribution in [1.82, 2.24) is 25.5 Å². The van der Waals surface area contributed by atoms with Crippen molar-refractivity contribution in [2.24, 2.45) is 0 Å². The molecule has 0 fully saturated rings. The molecule has 0 saturated carbocycles. The van der Waals surface area contributed by atoms with Gasteiger partial charge in [-0.25, -0.2) is 0 Å². The van der Waals surface area contributed by atoms with Crippen LogP contribution < -0.4 is 5.32 Å². The number of tetrazole rings is 1. The minimum Gasteiger partial charge on any atom is -0.459 e. The van der Waals surface area contributed by atoms with E-state index in [1.165, 1.54) is 11.8 Å². The van der Waals surface area contributed by atoms with Gasteiger partial charge in [0.25, 0.3) is 0 Å². The van der Waals surface area contributed by atoms with E-state index in [-0.39, 0.29) is 11.7 Å². The van der Waals surface area contributed by atoms with Gasteiger partial charge in [-0.3, -0.25) is 4.79 Å². The first-order chi connectivity index (χ1) is 14.6. The zero-order valence-electron chi connectivity index (χ0n) is 16.1. The topological polar surface area (TPSA) is 85.8 Å². The molecule has 0 spiro atoms. The fourth-order valence-corrected chi connectivity index (χ4v) is 3.67. The highest BCUT2D eigenvalue weighted by Crippen LogP contribution is 2.24. The van der Waals surface area contributed by atoms with Crippen molar-refractivity contribution in [1.29, 1.82) is 0 Å². The Hall–Kier alpha value is -3.10. The van der Waals surface area contributed by atoms with Gasteiger partial charge in [0.1, 0.15) is 11.5 Å². The molecule has 0 unspecified atom stereocenters. The minimum atomic E-state index is -0.135. The maximum Gasteiger partial charge on any atom is 0.230 e. The fraction of sp³-hybridized carbons (Fsp3) is 0.143. The van der Waals surface area contributed by atoms with Crippen molar-refractivity contribution in [2.45, 2.75) is 18.6 Å². The molecule has 0 aliphatic carbocycles. The van der Waals surface area contributed by atoms with Crippen molar-refractivity contribution in [3.63, 3.8) is 0 Å². The molecule has 2 aromatic carbocycles. The Morgan fingerprint density at radius 1 is 1.13 bits per heavy atom. The normalized spacial score (nSPS) is 10.9. The molecule has 0 aliphatic rings. The van der Waals surface area contributed by atoms with Crippen LogP contribution in [0.2, 0.25) is 5.02 Å². The SMILES string of the molecule is Cc1ccccc1-n1nnnc1SCC(=O)NCc1ccc(-c2ccc(Cl)cc2)o1. The number of halogens is 1. The summed E-state index contributed by atoms with van der Waals surface area (Å²) in [6.07, 6.45) is 0. The second-order valence-electron chi connectivity index (χ2n) is 6.50. The van der Waals surface area contributed by atoms with E-state index in [0.717, 1.165) is 22.6 Å². The monoisotopic (exact) mass is 439 g/mol. The third kappa shape index (κ3) is 4.72. The van der Waals surface area contributed by atoms with Crippen molar-refractivity contribution < 1.29 is 9.21 Å². The van der Waals surface area contributed by atoms with Crippen molar-refractivity contribution >= 4 is 29.3 Å². The van der Waals surface area contributed by atoms with Crippen LogP contribution in [0.5, 0.6) is 0 Å². The zero-order valence-corrected chi connectivity index (χ0v) is 17.7. The maximum absolute atomic E-state index is 12.3. The van der Waals surface area contributed by atoms with Gasteiger partial charge in [-0.15, -0.1) is 5.10 Å². The molecule has 30 heavy (non-hydrogen) atoms. The van der Waals surface area contributed by atoms with Crippen LogP contribution in [-0.4, -0.2) is 31.9 Å². The van der Waals surface area contributed by atoms with Gasteiger partial charge < -0.3 is 9.73 Å². The molecule has 4 rings (SSSR count). The summed E-state index contributed by atoms with van der Waals surface area (Å²) in [5.41, 5.74) is 2.86. The van der Waals surface area contributed by atoms with Crippen LogP contribution in [0.25, 0.3) is 17.0 Å². The molecule has 0 bridgehead atoms. The number of nitrogens with zero attached hydrogens (tertiary/aromatic N) is 4. The number of para-hydroxylation sites is 1. The number of hydrogen-bond donors (Lipinski definition) is 1. The number of rotatable bonds is 7. The Bertz CT molecular complexity index is 1160. The van der Waals surface area contributed by atoms with E-state index in [1.807, 2.05) is 67.6 Å². The minimum absolute atomic E-state index is 0.135. The van der Waals surface area contributed by atoms with Gasteiger partial charge in [0.2, 0.25) is 11.1 Å². The summed E-state index contributed by atoms with van der Waals surface area (Å²) in [6.45, 7) is 2.29. The number of benzene rings is 2. The van der Waals surface area contributed by atoms with Crippen molar-refractivity contribution in [2.75, 3.05) is 5.75 Å². The highest BCUT2D eigenvalue weighted by Gasteiger charge is 2.13. The van der Waals surface area contributed by atoms with Crippen LogP contribution in [0.4, 0.5) is 0 Å². The van der Waals surface area contributed by atoms with Crippen LogP contribution >= 0.6 is 23.4 Å². The van der Waals surface area contributed by atoms with E-state index in [2.05, 4.69) is 20.8 Å². The number of carbonyl (C=O) groups excluding carboxylic acids is 1. The molecule has 1 N–H and O–H groups in total. The lowest BCUT2D eigenvalue weighted by molar-refractivity contribution is -0.118. The van der Waals surface area contributed by atoms with Crippen molar-refractivity contribution in [3.8, 4) is 17.0 Å². The quantitative estimate of drug-likeness (QED) is 0.432. The van der Waals surface area contributed by atoms with Gasteiger partial charge in [0, 0.05) is 10.6 Å². The average Bonchev–Trinajstić information content (AvgIpc) is 3.41. The summed E-state index contributed by atoms with van der Waals surface area (Å²) in [5.74, 6) is 1.45. The molecular formula is C21H18ClN5O2S. The molecule has 9 heteroatoms. The Labute approximate surface area is 182 Å². The van der Waals surface area contributed by atoms with E-state index < -0.39 is 0 Å². The molecular weight excluding hydrogens is 422 g/mol. The first-order valence-corrected chi connectivity index (χ1v) is 10.5. The maximum atomic E-state index is 12.3. The fourth-order valence-electron chi connectivity index (χ4n) is 2.83. The average molecular weight is 440 g/mol. The van der Waals surface area contributed by atoms with Gasteiger partial charge in [-0.1, -0.05) is 41.6 Å². The molecule has 2 heterocycles. The van der Waals surface area contributed by atoms with E-state index in [1.54, 1.807) is 4.68 Å². The Kier molecular flexibility index (Phi) is 6.15. The van der Waals surface area contributed by atoms with Gasteiger partial charge in [0.15, 0.2) is 0 Å². The first kappa shape index (κ1) is 20.2. The molecule has 0 radical (unpaired) electrons. The van der Waals surface area contributed by atoms with Crippen LogP contribution in [0.15, 0.2) is 70.2 Å². The predicted octanol–water partition coefficient (Wildman–Crippen LogP) is 4.29. The number of hydrogen-bond acceptors (Lipinski definition) is 6. The molecule has 1 amide bonds. The largest absolute Gasteiger partial charge is 0.459 e. The highest BCUT2D eigenvalue weighted by molar-refractivity contribution is 7.99. The summed E-state index contributed by atoms with van der Waals surface area (Å²) in [7, 11) is 0. The van der Waals surface area contributed by atoms with Crippen molar-refractivity contribution in [3.05, 3.63) is 77.0 Å². The van der Waals surface area contributed by atoms with Gasteiger partial charge in [0.05, 0.1) is 18.0 Å². The Morgan fingerprint density at radius 2 is 1.93 bits per heavy atom. The first-order valence-electron chi connectivity index (χ1n) is 9.19. The van der Waals surface area contributed by atoms with Gasteiger partial charge in [-0.05, 0) is 65.4 Å². The number of amides is 1. The number of nitrogens with one attached hydrogen (secondary N) is 1. The number of carbonyl (C=O) groups is 1. The molecule has 152 valence electrons. The molecule has 0 aliphatic heterocycles. The number of aromatic nitrogens is 4. The number of thioether (sulfide) groups is 1. The third-order valence-electron chi connectivity index (χ3n) is 4.37. The van der Waals surface area contributed by atoms with Gasteiger partial charge in [-0.2, -0.15) is 4.68 Å². The highest BCUT2D eigenvalue weighted by atomic mass is 35.5. The molecule has 4 aromatic rings. The van der Waals surface area contributed by atoms with Crippen LogP contribution in [-0.2, 0) is 11.3 Å². The molecule has 0 atom stereocenters. The second kappa shape index (κ2) is 9.15. The van der Waals surface area contributed by atoms with Crippen LogP contribution in [0.1, 0.15) is 11.3 Å². The summed E-state index contributed by atoms with van der Waals surface area (Å²) < 4.78 is 7.44. The summed E-state index contributed by atoms with van der Waals surface area (Å²) >= 11 is 7.19. The summed E-state index contributed by atoms with van der Waals surface area (Å²) in [6, 6.07) is 18.9. The lowest BCUT2D eigenvalue weighted by atomic mass is 10.2. The molecule has 7 nitrogen and oxygen atoms in total. The second-order valence-corrected chi connectivity index (χ2v) is 7.88. The Balaban J connectivity index is 1.32. The van der Waals surface area contributed by atoms with Gasteiger partial charge >= 0.3 is 0 Å². The number of furan rings is 1.